The normalized spacial score (nSPS) is 8.64. The molecular weight excluding hydrogens is 142 g/mol. The van der Waals surface area contributed by atoms with Crippen LogP contribution in [0.2, 0.25) is 0 Å². The van der Waals surface area contributed by atoms with Crippen molar-refractivity contribution in [1.29, 1.82) is 0 Å². The van der Waals surface area contributed by atoms with Crippen LogP contribution in [0.5, 0.6) is 0 Å². The van der Waals surface area contributed by atoms with Crippen LogP contribution in [0, 0.1) is 6.57 Å². The first-order valence-corrected chi connectivity index (χ1v) is 2.95. The number of hydrogen-bond donors (Lipinski definition) is 1. The van der Waals surface area contributed by atoms with Gasteiger partial charge in [0.25, 0.3) is 0 Å². The topological polar surface area (TPSA) is 41.7 Å². The van der Waals surface area contributed by atoms with Crippen molar-refractivity contribution >= 4 is 11.7 Å². The van der Waals surface area contributed by atoms with Crippen molar-refractivity contribution in [3.05, 3.63) is 41.2 Å². The van der Waals surface area contributed by atoms with Gasteiger partial charge in [0, 0.05) is 0 Å². The lowest BCUT2D eigenvalue weighted by molar-refractivity contribution is 0.0697. The molecule has 0 atom stereocenters. The Morgan fingerprint density at radius 3 is 2.27 bits per heavy atom. The van der Waals surface area contributed by atoms with Crippen LogP contribution < -0.4 is 0 Å². The van der Waals surface area contributed by atoms with E-state index in [1.165, 1.54) is 24.3 Å². The number of aromatic carboxylic acids is 1. The highest BCUT2D eigenvalue weighted by molar-refractivity contribution is 5.87. The average Bonchev–Trinajstić information content (AvgIpc) is 2.05. The second-order valence-electron chi connectivity index (χ2n) is 1.96. The molecule has 0 aliphatic rings. The SMILES string of the molecule is [C-]#[N+]c1ccc(C(=O)O)cc1. The number of rotatable bonds is 1. The lowest BCUT2D eigenvalue weighted by atomic mass is 10.2. The molecule has 0 saturated carbocycles. The van der Waals surface area contributed by atoms with Crippen LogP contribution in [0.3, 0.4) is 0 Å². The van der Waals surface area contributed by atoms with E-state index in [9.17, 15) is 4.79 Å². The highest BCUT2D eigenvalue weighted by Crippen LogP contribution is 2.11. The van der Waals surface area contributed by atoms with Gasteiger partial charge in [0.05, 0.1) is 12.1 Å². The zero-order valence-electron chi connectivity index (χ0n) is 5.61. The zero-order valence-corrected chi connectivity index (χ0v) is 5.61. The maximum Gasteiger partial charge on any atom is 0.335 e. The van der Waals surface area contributed by atoms with Crippen LogP contribution in [0.4, 0.5) is 5.69 Å². The fourth-order valence-electron chi connectivity index (χ4n) is 0.679. The predicted molar refractivity (Wildman–Crippen MR) is 39.7 cm³/mol. The minimum Gasteiger partial charge on any atom is -0.478 e. The highest BCUT2D eigenvalue weighted by atomic mass is 16.4. The molecule has 0 saturated heterocycles. The molecule has 0 heterocycles. The summed E-state index contributed by atoms with van der Waals surface area (Å²) in [5, 5.41) is 8.47. The number of nitrogens with zero attached hydrogens (tertiary/aromatic N) is 1. The van der Waals surface area contributed by atoms with Crippen LogP contribution in [-0.2, 0) is 0 Å². The van der Waals surface area contributed by atoms with Crippen molar-refractivity contribution in [2.24, 2.45) is 0 Å². The molecule has 1 rings (SSSR count). The van der Waals surface area contributed by atoms with Crippen molar-refractivity contribution in [1.82, 2.24) is 0 Å². The summed E-state index contributed by atoms with van der Waals surface area (Å²) in [5.74, 6) is -0.971. The summed E-state index contributed by atoms with van der Waals surface area (Å²) < 4.78 is 0. The Balaban J connectivity index is 3.03. The van der Waals surface area contributed by atoms with Gasteiger partial charge in [-0.3, -0.25) is 0 Å². The number of hydrogen-bond acceptors (Lipinski definition) is 1. The standard InChI is InChI=1S/C8H5NO2/c1-9-7-4-2-6(3-5-7)8(10)11/h2-5H,(H,10,11). The number of carbonyl (C=O) groups is 1. The van der Waals surface area contributed by atoms with Gasteiger partial charge in [-0.25, -0.2) is 9.64 Å². The van der Waals surface area contributed by atoms with Crippen molar-refractivity contribution in [2.45, 2.75) is 0 Å². The molecular formula is C8H5NO2. The van der Waals surface area contributed by atoms with E-state index in [4.69, 9.17) is 11.7 Å². The first-order chi connectivity index (χ1) is 5.24. The van der Waals surface area contributed by atoms with E-state index >= 15 is 0 Å². The van der Waals surface area contributed by atoms with E-state index < -0.39 is 5.97 Å². The third-order valence-corrected chi connectivity index (χ3v) is 1.24. The molecule has 0 aliphatic carbocycles. The van der Waals surface area contributed by atoms with Crippen LogP contribution in [0.15, 0.2) is 24.3 Å². The Kier molecular flexibility index (Phi) is 1.88. The minimum atomic E-state index is -0.971. The summed E-state index contributed by atoms with van der Waals surface area (Å²) in [6.45, 7) is 6.60. The lowest BCUT2D eigenvalue weighted by Gasteiger charge is -1.91. The largest absolute Gasteiger partial charge is 0.478 e. The van der Waals surface area contributed by atoms with E-state index in [1.807, 2.05) is 0 Å². The van der Waals surface area contributed by atoms with Crippen molar-refractivity contribution < 1.29 is 9.90 Å². The van der Waals surface area contributed by atoms with E-state index in [-0.39, 0.29) is 5.56 Å². The third kappa shape index (κ3) is 1.55. The quantitative estimate of drug-likeness (QED) is 0.616. The monoisotopic (exact) mass is 147 g/mol. The molecule has 0 aliphatic heterocycles. The molecule has 11 heavy (non-hydrogen) atoms. The van der Waals surface area contributed by atoms with E-state index in [1.54, 1.807) is 0 Å². The molecule has 0 fully saturated rings. The van der Waals surface area contributed by atoms with Crippen LogP contribution >= 0.6 is 0 Å². The Hall–Kier alpha value is -1.82. The third-order valence-electron chi connectivity index (χ3n) is 1.24. The van der Waals surface area contributed by atoms with Crippen LogP contribution in [-0.4, -0.2) is 11.1 Å². The van der Waals surface area contributed by atoms with Gasteiger partial charge < -0.3 is 5.11 Å². The Morgan fingerprint density at radius 2 is 1.91 bits per heavy atom. The van der Waals surface area contributed by atoms with E-state index in [0.717, 1.165) is 0 Å². The molecule has 3 nitrogen and oxygen atoms in total. The summed E-state index contributed by atoms with van der Waals surface area (Å²) in [7, 11) is 0. The number of benzene rings is 1. The fraction of sp³-hybridized carbons (Fsp3) is 0. The Labute approximate surface area is 63.7 Å². The summed E-state index contributed by atoms with van der Waals surface area (Å²) in [5.41, 5.74) is 0.660. The Morgan fingerprint density at radius 1 is 1.36 bits per heavy atom. The van der Waals surface area contributed by atoms with Gasteiger partial charge in [0.2, 0.25) is 0 Å². The number of carboxylic acid groups (broad SMARTS) is 1. The molecule has 54 valence electrons. The molecule has 0 unspecified atom stereocenters. The van der Waals surface area contributed by atoms with Crippen molar-refractivity contribution in [3.63, 3.8) is 0 Å². The van der Waals surface area contributed by atoms with Crippen LogP contribution in [0.1, 0.15) is 10.4 Å². The minimum absolute atomic E-state index is 0.206. The lowest BCUT2D eigenvalue weighted by Crippen LogP contribution is -1.93. The van der Waals surface area contributed by atoms with Gasteiger partial charge in [-0.2, -0.15) is 0 Å². The summed E-state index contributed by atoms with van der Waals surface area (Å²) in [6, 6.07) is 5.79. The van der Waals surface area contributed by atoms with Crippen molar-refractivity contribution in [3.8, 4) is 0 Å². The molecule has 1 aromatic rings. The predicted octanol–water partition coefficient (Wildman–Crippen LogP) is 1.94. The second kappa shape index (κ2) is 2.84. The Bertz CT molecular complexity index is 308. The fourth-order valence-corrected chi connectivity index (χ4v) is 0.679. The van der Waals surface area contributed by atoms with Gasteiger partial charge in [-0.05, 0) is 0 Å². The first kappa shape index (κ1) is 7.29. The zero-order chi connectivity index (χ0) is 8.27. The summed E-state index contributed by atoms with van der Waals surface area (Å²) in [6.07, 6.45) is 0. The molecule has 0 bridgehead atoms. The molecule has 0 radical (unpaired) electrons. The second-order valence-corrected chi connectivity index (χ2v) is 1.96. The first-order valence-electron chi connectivity index (χ1n) is 2.95. The molecule has 1 N–H and O–H groups in total. The maximum absolute atomic E-state index is 10.3. The van der Waals surface area contributed by atoms with Gasteiger partial charge in [0.1, 0.15) is 0 Å². The molecule has 0 aromatic heterocycles. The van der Waals surface area contributed by atoms with Gasteiger partial charge >= 0.3 is 5.97 Å². The molecule has 3 heteroatoms. The van der Waals surface area contributed by atoms with E-state index in [2.05, 4.69) is 4.85 Å². The highest BCUT2D eigenvalue weighted by Gasteiger charge is 1.99. The van der Waals surface area contributed by atoms with Crippen LogP contribution in [0.25, 0.3) is 4.85 Å². The van der Waals surface area contributed by atoms with Gasteiger partial charge in [0.15, 0.2) is 5.69 Å². The van der Waals surface area contributed by atoms with Gasteiger partial charge in [-0.15, -0.1) is 0 Å². The molecule has 0 spiro atoms. The summed E-state index contributed by atoms with van der Waals surface area (Å²) in [4.78, 5) is 13.5. The van der Waals surface area contributed by atoms with Crippen molar-refractivity contribution in [2.75, 3.05) is 0 Å². The van der Waals surface area contributed by atoms with Gasteiger partial charge in [-0.1, -0.05) is 24.3 Å². The smallest absolute Gasteiger partial charge is 0.335 e. The molecule has 0 amide bonds. The summed E-state index contributed by atoms with van der Waals surface area (Å²) >= 11 is 0. The maximum atomic E-state index is 10.3. The van der Waals surface area contributed by atoms with E-state index in [0.29, 0.717) is 5.69 Å². The average molecular weight is 147 g/mol. The molecule has 1 aromatic carbocycles. The number of carboxylic acids is 1.